The molecule has 0 unspecified atom stereocenters. The topological polar surface area (TPSA) is 42.0 Å². The quantitative estimate of drug-likeness (QED) is 0.678. The van der Waals surface area contributed by atoms with Gasteiger partial charge in [-0.05, 0) is 64.9 Å². The van der Waals surface area contributed by atoms with Crippen LogP contribution in [0, 0.1) is 13.8 Å². The SMILES string of the molecule is Cc1cccc(C)c1OCC(=O)N1CCC(OCCCN(C)C)CC1. The van der Waals surface area contributed by atoms with Crippen molar-refractivity contribution in [2.24, 2.45) is 0 Å². The number of rotatable bonds is 8. The lowest BCUT2D eigenvalue weighted by Crippen LogP contribution is -2.43. The Labute approximate surface area is 151 Å². The van der Waals surface area contributed by atoms with Crippen molar-refractivity contribution in [2.45, 2.75) is 39.2 Å². The molecule has 140 valence electrons. The van der Waals surface area contributed by atoms with Gasteiger partial charge in [0, 0.05) is 19.7 Å². The van der Waals surface area contributed by atoms with E-state index in [-0.39, 0.29) is 18.6 Å². The van der Waals surface area contributed by atoms with Crippen molar-refractivity contribution in [3.05, 3.63) is 29.3 Å². The molecule has 0 bridgehead atoms. The third-order valence-electron chi connectivity index (χ3n) is 4.65. The maximum Gasteiger partial charge on any atom is 0.260 e. The molecule has 1 aromatic carbocycles. The Morgan fingerprint density at radius 1 is 1.20 bits per heavy atom. The number of carbonyl (C=O) groups is 1. The molecule has 1 fully saturated rings. The maximum absolute atomic E-state index is 12.4. The van der Waals surface area contributed by atoms with Crippen molar-refractivity contribution in [2.75, 3.05) is 46.9 Å². The highest BCUT2D eigenvalue weighted by atomic mass is 16.5. The minimum Gasteiger partial charge on any atom is -0.483 e. The summed E-state index contributed by atoms with van der Waals surface area (Å²) in [6.07, 6.45) is 3.16. The second-order valence-corrected chi connectivity index (χ2v) is 7.12. The Balaban J connectivity index is 1.69. The van der Waals surface area contributed by atoms with Crippen LogP contribution in [-0.2, 0) is 9.53 Å². The highest BCUT2D eigenvalue weighted by Crippen LogP contribution is 2.22. The first-order chi connectivity index (χ1) is 12.0. The zero-order valence-electron chi connectivity index (χ0n) is 16.1. The summed E-state index contributed by atoms with van der Waals surface area (Å²) in [6.45, 7) is 7.48. The molecule has 2 rings (SSSR count). The number of carbonyl (C=O) groups excluding carboxylic acids is 1. The highest BCUT2D eigenvalue weighted by molar-refractivity contribution is 5.78. The Morgan fingerprint density at radius 2 is 1.84 bits per heavy atom. The maximum atomic E-state index is 12.4. The first kappa shape index (κ1) is 19.7. The van der Waals surface area contributed by atoms with Crippen LogP contribution in [0.5, 0.6) is 5.75 Å². The summed E-state index contributed by atoms with van der Waals surface area (Å²) in [6, 6.07) is 6.01. The van der Waals surface area contributed by atoms with Crippen LogP contribution in [0.25, 0.3) is 0 Å². The number of nitrogens with zero attached hydrogens (tertiary/aromatic N) is 2. The van der Waals surface area contributed by atoms with E-state index in [1.165, 1.54) is 0 Å². The number of para-hydroxylation sites is 1. The van der Waals surface area contributed by atoms with E-state index in [9.17, 15) is 4.79 Å². The van der Waals surface area contributed by atoms with Gasteiger partial charge in [0.2, 0.25) is 0 Å². The van der Waals surface area contributed by atoms with Gasteiger partial charge in [-0.25, -0.2) is 0 Å². The number of amides is 1. The lowest BCUT2D eigenvalue weighted by Gasteiger charge is -2.32. The predicted octanol–water partition coefficient (Wildman–Crippen LogP) is 2.64. The normalized spacial score (nSPS) is 15.6. The summed E-state index contributed by atoms with van der Waals surface area (Å²) in [4.78, 5) is 16.5. The number of benzene rings is 1. The average molecular weight is 348 g/mol. The summed E-state index contributed by atoms with van der Waals surface area (Å²) in [5, 5.41) is 0. The summed E-state index contributed by atoms with van der Waals surface area (Å²) < 4.78 is 11.7. The van der Waals surface area contributed by atoms with Gasteiger partial charge < -0.3 is 19.3 Å². The van der Waals surface area contributed by atoms with Gasteiger partial charge in [-0.15, -0.1) is 0 Å². The number of aryl methyl sites for hydroxylation is 2. The van der Waals surface area contributed by atoms with Crippen molar-refractivity contribution >= 4 is 5.91 Å². The van der Waals surface area contributed by atoms with Crippen molar-refractivity contribution in [3.8, 4) is 5.75 Å². The molecule has 1 aliphatic rings. The third-order valence-corrected chi connectivity index (χ3v) is 4.65. The smallest absolute Gasteiger partial charge is 0.260 e. The summed E-state index contributed by atoms with van der Waals surface area (Å²) in [7, 11) is 4.15. The highest BCUT2D eigenvalue weighted by Gasteiger charge is 2.23. The van der Waals surface area contributed by atoms with Crippen LogP contribution in [0.4, 0.5) is 0 Å². The molecule has 0 aliphatic carbocycles. The summed E-state index contributed by atoms with van der Waals surface area (Å²) in [5.41, 5.74) is 2.13. The fourth-order valence-corrected chi connectivity index (χ4v) is 3.15. The van der Waals surface area contributed by atoms with Crippen LogP contribution in [0.1, 0.15) is 30.4 Å². The molecular formula is C20H32N2O3. The summed E-state index contributed by atoms with van der Waals surface area (Å²) >= 11 is 0. The molecule has 0 aromatic heterocycles. The Hall–Kier alpha value is -1.59. The van der Waals surface area contributed by atoms with Gasteiger partial charge in [-0.3, -0.25) is 4.79 Å². The van der Waals surface area contributed by atoms with Crippen molar-refractivity contribution in [3.63, 3.8) is 0 Å². The fraction of sp³-hybridized carbons (Fsp3) is 0.650. The van der Waals surface area contributed by atoms with Crippen LogP contribution in [0.15, 0.2) is 18.2 Å². The van der Waals surface area contributed by atoms with Crippen LogP contribution in [0.3, 0.4) is 0 Å². The number of hydrogen-bond acceptors (Lipinski definition) is 4. The molecule has 1 amide bonds. The monoisotopic (exact) mass is 348 g/mol. The molecule has 0 N–H and O–H groups in total. The van der Waals surface area contributed by atoms with Crippen LogP contribution in [-0.4, -0.2) is 68.8 Å². The standard InChI is InChI=1S/C20H32N2O3/c1-16-7-5-8-17(2)20(16)25-15-19(23)22-12-9-18(10-13-22)24-14-6-11-21(3)4/h5,7-8,18H,6,9-15H2,1-4H3. The first-order valence-electron chi connectivity index (χ1n) is 9.20. The van der Waals surface area contributed by atoms with Gasteiger partial charge in [-0.1, -0.05) is 18.2 Å². The fourth-order valence-electron chi connectivity index (χ4n) is 3.15. The molecule has 1 saturated heterocycles. The van der Waals surface area contributed by atoms with E-state index in [0.717, 1.165) is 62.4 Å². The van der Waals surface area contributed by atoms with Crippen LogP contribution in [0.2, 0.25) is 0 Å². The Kier molecular flexibility index (Phi) is 7.72. The van der Waals surface area contributed by atoms with E-state index in [1.807, 2.05) is 36.9 Å². The molecule has 1 heterocycles. The molecule has 0 saturated carbocycles. The summed E-state index contributed by atoms with van der Waals surface area (Å²) in [5.74, 6) is 0.892. The largest absolute Gasteiger partial charge is 0.483 e. The molecule has 0 atom stereocenters. The van der Waals surface area contributed by atoms with E-state index in [0.29, 0.717) is 0 Å². The molecular weight excluding hydrogens is 316 g/mol. The van der Waals surface area contributed by atoms with Gasteiger partial charge in [0.05, 0.1) is 6.10 Å². The lowest BCUT2D eigenvalue weighted by atomic mass is 10.1. The van der Waals surface area contributed by atoms with Gasteiger partial charge in [0.15, 0.2) is 6.61 Å². The minimum absolute atomic E-state index is 0.0636. The van der Waals surface area contributed by atoms with Gasteiger partial charge in [-0.2, -0.15) is 0 Å². The van der Waals surface area contributed by atoms with Crippen LogP contribution < -0.4 is 4.74 Å². The van der Waals surface area contributed by atoms with E-state index < -0.39 is 0 Å². The zero-order chi connectivity index (χ0) is 18.2. The number of likely N-dealkylation sites (tertiary alicyclic amines) is 1. The molecule has 5 nitrogen and oxygen atoms in total. The van der Waals surface area contributed by atoms with Crippen molar-refractivity contribution in [1.82, 2.24) is 9.80 Å². The van der Waals surface area contributed by atoms with Gasteiger partial charge >= 0.3 is 0 Å². The molecule has 5 heteroatoms. The lowest BCUT2D eigenvalue weighted by molar-refractivity contribution is -0.136. The van der Waals surface area contributed by atoms with E-state index in [2.05, 4.69) is 19.0 Å². The molecule has 25 heavy (non-hydrogen) atoms. The average Bonchev–Trinajstić information content (AvgIpc) is 2.58. The second kappa shape index (κ2) is 9.78. The second-order valence-electron chi connectivity index (χ2n) is 7.12. The van der Waals surface area contributed by atoms with Gasteiger partial charge in [0.25, 0.3) is 5.91 Å². The molecule has 0 spiro atoms. The minimum atomic E-state index is 0.0636. The van der Waals surface area contributed by atoms with Crippen LogP contribution >= 0.6 is 0 Å². The molecule has 1 aliphatic heterocycles. The number of ether oxygens (including phenoxy) is 2. The first-order valence-corrected chi connectivity index (χ1v) is 9.20. The Morgan fingerprint density at radius 3 is 2.44 bits per heavy atom. The molecule has 0 radical (unpaired) electrons. The van der Waals surface area contributed by atoms with Crippen molar-refractivity contribution in [1.29, 1.82) is 0 Å². The van der Waals surface area contributed by atoms with E-state index in [1.54, 1.807) is 0 Å². The zero-order valence-corrected chi connectivity index (χ0v) is 16.1. The molecule has 1 aromatic rings. The van der Waals surface area contributed by atoms with E-state index >= 15 is 0 Å². The Bertz CT molecular complexity index is 532. The number of piperidine rings is 1. The number of hydrogen-bond donors (Lipinski definition) is 0. The third kappa shape index (κ3) is 6.33. The van der Waals surface area contributed by atoms with E-state index in [4.69, 9.17) is 9.47 Å². The predicted molar refractivity (Wildman–Crippen MR) is 100 cm³/mol. The van der Waals surface area contributed by atoms with Gasteiger partial charge in [0.1, 0.15) is 5.75 Å². The van der Waals surface area contributed by atoms with Crippen molar-refractivity contribution < 1.29 is 14.3 Å².